The van der Waals surface area contributed by atoms with Crippen LogP contribution in [-0.4, -0.2) is 25.9 Å². The van der Waals surface area contributed by atoms with E-state index in [0.717, 1.165) is 5.56 Å². The number of nitrogens with zero attached hydrogens (tertiary/aromatic N) is 3. The average Bonchev–Trinajstić information content (AvgIpc) is 2.70. The van der Waals surface area contributed by atoms with Gasteiger partial charge in [-0.1, -0.05) is 6.07 Å². The molecule has 0 unspecified atom stereocenters. The molecule has 6 nitrogen and oxygen atoms in total. The van der Waals surface area contributed by atoms with Gasteiger partial charge in [0.15, 0.2) is 0 Å². The molecule has 0 spiro atoms. The maximum atomic E-state index is 11.7. The number of aromatic nitrogens is 3. The smallest absolute Gasteiger partial charge is 0.273 e. The standard InChI is InChI=1S/C10H10N4O2/c1-7-2-3-8(9(15)4-7)10(16)13-14-5-11-12-6-14/h2-6,15H,1H3,(H,13,16). The summed E-state index contributed by atoms with van der Waals surface area (Å²) in [6.45, 7) is 1.83. The van der Waals surface area contributed by atoms with Crippen LogP contribution in [0.1, 0.15) is 15.9 Å². The Morgan fingerprint density at radius 3 is 2.69 bits per heavy atom. The molecule has 0 saturated heterocycles. The van der Waals surface area contributed by atoms with Gasteiger partial charge in [-0.05, 0) is 24.6 Å². The Hall–Kier alpha value is -2.37. The third-order valence-corrected chi connectivity index (χ3v) is 2.05. The van der Waals surface area contributed by atoms with Crippen LogP contribution in [0.4, 0.5) is 0 Å². The van der Waals surface area contributed by atoms with Crippen molar-refractivity contribution in [3.63, 3.8) is 0 Å². The molecule has 6 heteroatoms. The number of nitrogens with one attached hydrogen (secondary N) is 1. The summed E-state index contributed by atoms with van der Waals surface area (Å²) in [6, 6.07) is 4.84. The number of aromatic hydroxyl groups is 1. The van der Waals surface area contributed by atoms with E-state index in [0.29, 0.717) is 0 Å². The number of aryl methyl sites for hydroxylation is 1. The number of benzene rings is 1. The van der Waals surface area contributed by atoms with E-state index in [1.54, 1.807) is 12.1 Å². The minimum Gasteiger partial charge on any atom is -0.507 e. The van der Waals surface area contributed by atoms with E-state index in [-0.39, 0.29) is 11.3 Å². The molecule has 1 aromatic heterocycles. The summed E-state index contributed by atoms with van der Waals surface area (Å²) < 4.78 is 1.31. The molecule has 1 heterocycles. The molecule has 16 heavy (non-hydrogen) atoms. The van der Waals surface area contributed by atoms with Crippen LogP contribution in [0.5, 0.6) is 5.75 Å². The van der Waals surface area contributed by atoms with Gasteiger partial charge in [0.05, 0.1) is 5.56 Å². The summed E-state index contributed by atoms with van der Waals surface area (Å²) in [6.07, 6.45) is 2.70. The van der Waals surface area contributed by atoms with Gasteiger partial charge in [-0.2, -0.15) is 0 Å². The summed E-state index contributed by atoms with van der Waals surface area (Å²) >= 11 is 0. The molecule has 1 amide bonds. The molecule has 0 fully saturated rings. The maximum absolute atomic E-state index is 11.7. The van der Waals surface area contributed by atoms with Gasteiger partial charge in [0, 0.05) is 0 Å². The third-order valence-electron chi connectivity index (χ3n) is 2.05. The van der Waals surface area contributed by atoms with Gasteiger partial charge >= 0.3 is 0 Å². The van der Waals surface area contributed by atoms with E-state index in [4.69, 9.17) is 0 Å². The lowest BCUT2D eigenvalue weighted by Gasteiger charge is -2.06. The number of phenolic OH excluding ortho intramolecular Hbond substituents is 1. The van der Waals surface area contributed by atoms with Gasteiger partial charge in [-0.15, -0.1) is 10.2 Å². The van der Waals surface area contributed by atoms with Gasteiger partial charge in [0.25, 0.3) is 5.91 Å². The van der Waals surface area contributed by atoms with Crippen LogP contribution >= 0.6 is 0 Å². The molecule has 1 aromatic carbocycles. The topological polar surface area (TPSA) is 80.0 Å². The van der Waals surface area contributed by atoms with Gasteiger partial charge in [0.2, 0.25) is 0 Å². The van der Waals surface area contributed by atoms with Crippen molar-refractivity contribution >= 4 is 5.91 Å². The first-order valence-corrected chi connectivity index (χ1v) is 4.62. The van der Waals surface area contributed by atoms with Crippen molar-refractivity contribution in [2.24, 2.45) is 0 Å². The van der Waals surface area contributed by atoms with Crippen LogP contribution in [0.2, 0.25) is 0 Å². The molecule has 2 aromatic rings. The van der Waals surface area contributed by atoms with E-state index < -0.39 is 5.91 Å². The number of amides is 1. The van der Waals surface area contributed by atoms with Crippen molar-refractivity contribution in [1.82, 2.24) is 14.9 Å². The summed E-state index contributed by atoms with van der Waals surface area (Å²) in [5.74, 6) is -0.470. The molecule has 2 rings (SSSR count). The van der Waals surface area contributed by atoms with Crippen molar-refractivity contribution in [2.45, 2.75) is 6.92 Å². The van der Waals surface area contributed by atoms with Gasteiger partial charge in [-0.3, -0.25) is 10.2 Å². The van der Waals surface area contributed by atoms with E-state index in [1.165, 1.54) is 23.4 Å². The summed E-state index contributed by atoms with van der Waals surface area (Å²) in [4.78, 5) is 11.7. The molecule has 0 aliphatic rings. The third kappa shape index (κ3) is 2.00. The van der Waals surface area contributed by atoms with Gasteiger partial charge in [0.1, 0.15) is 18.4 Å². The van der Waals surface area contributed by atoms with Crippen LogP contribution in [0.3, 0.4) is 0 Å². The quantitative estimate of drug-likeness (QED) is 0.776. The zero-order chi connectivity index (χ0) is 11.5. The highest BCUT2D eigenvalue weighted by Gasteiger charge is 2.10. The largest absolute Gasteiger partial charge is 0.507 e. The van der Waals surface area contributed by atoms with E-state index in [1.807, 2.05) is 6.92 Å². The number of hydrogen-bond donors (Lipinski definition) is 2. The second kappa shape index (κ2) is 4.01. The normalized spacial score (nSPS) is 10.1. The van der Waals surface area contributed by atoms with Gasteiger partial charge < -0.3 is 5.11 Å². The maximum Gasteiger partial charge on any atom is 0.273 e. The first-order chi connectivity index (χ1) is 7.66. The zero-order valence-electron chi connectivity index (χ0n) is 8.58. The van der Waals surface area contributed by atoms with Crippen LogP contribution in [0.15, 0.2) is 30.9 Å². The molecule has 2 N–H and O–H groups in total. The lowest BCUT2D eigenvalue weighted by Crippen LogP contribution is -2.21. The van der Waals surface area contributed by atoms with Crippen LogP contribution in [-0.2, 0) is 0 Å². The Labute approximate surface area is 91.5 Å². The van der Waals surface area contributed by atoms with E-state index in [9.17, 15) is 9.90 Å². The molecule has 0 saturated carbocycles. The highest BCUT2D eigenvalue weighted by molar-refractivity contribution is 6.02. The monoisotopic (exact) mass is 218 g/mol. The highest BCUT2D eigenvalue weighted by atomic mass is 16.3. The number of hydrogen-bond acceptors (Lipinski definition) is 4. The van der Waals surface area contributed by atoms with Gasteiger partial charge in [-0.25, -0.2) is 4.68 Å². The predicted octanol–water partition coefficient (Wildman–Crippen LogP) is 0.676. The molecule has 82 valence electrons. The van der Waals surface area contributed by atoms with Crippen LogP contribution in [0.25, 0.3) is 0 Å². The number of carbonyl (C=O) groups is 1. The molecule has 0 atom stereocenters. The van der Waals surface area contributed by atoms with E-state index in [2.05, 4.69) is 15.6 Å². The average molecular weight is 218 g/mol. The Kier molecular flexibility index (Phi) is 2.55. The van der Waals surface area contributed by atoms with Crippen molar-refractivity contribution in [3.05, 3.63) is 42.0 Å². The Morgan fingerprint density at radius 2 is 2.06 bits per heavy atom. The lowest BCUT2D eigenvalue weighted by atomic mass is 10.1. The van der Waals surface area contributed by atoms with E-state index >= 15 is 0 Å². The second-order valence-corrected chi connectivity index (χ2v) is 3.33. The number of phenols is 1. The van der Waals surface area contributed by atoms with Crippen molar-refractivity contribution in [3.8, 4) is 5.75 Å². The molecule has 0 radical (unpaired) electrons. The Bertz CT molecular complexity index is 508. The fourth-order valence-electron chi connectivity index (χ4n) is 1.27. The second-order valence-electron chi connectivity index (χ2n) is 3.33. The lowest BCUT2D eigenvalue weighted by molar-refractivity contribution is 0.100. The molecule has 0 bridgehead atoms. The number of carbonyl (C=O) groups excluding carboxylic acids is 1. The SMILES string of the molecule is Cc1ccc(C(=O)Nn2cnnc2)c(O)c1. The van der Waals surface area contributed by atoms with Crippen molar-refractivity contribution < 1.29 is 9.90 Å². The fraction of sp³-hybridized carbons (Fsp3) is 0.100. The Balaban J connectivity index is 2.21. The van der Waals surface area contributed by atoms with Crippen LogP contribution < -0.4 is 5.43 Å². The zero-order valence-corrected chi connectivity index (χ0v) is 8.58. The van der Waals surface area contributed by atoms with Crippen molar-refractivity contribution in [1.29, 1.82) is 0 Å². The number of rotatable bonds is 2. The molecule has 0 aliphatic carbocycles. The minimum absolute atomic E-state index is 0.0504. The summed E-state index contributed by atoms with van der Waals surface area (Å²) in [7, 11) is 0. The highest BCUT2D eigenvalue weighted by Crippen LogP contribution is 2.18. The van der Waals surface area contributed by atoms with Crippen LogP contribution in [0, 0.1) is 6.92 Å². The summed E-state index contributed by atoms with van der Waals surface area (Å²) in [5, 5.41) is 16.7. The Morgan fingerprint density at radius 1 is 1.38 bits per heavy atom. The predicted molar refractivity (Wildman–Crippen MR) is 56.6 cm³/mol. The summed E-state index contributed by atoms with van der Waals surface area (Å²) in [5.41, 5.74) is 3.59. The minimum atomic E-state index is -0.419. The molecular weight excluding hydrogens is 208 g/mol. The molecular formula is C10H10N4O2. The fourth-order valence-corrected chi connectivity index (χ4v) is 1.27. The van der Waals surface area contributed by atoms with Crippen molar-refractivity contribution in [2.75, 3.05) is 5.43 Å². The molecule has 0 aliphatic heterocycles. The first-order valence-electron chi connectivity index (χ1n) is 4.62. The first kappa shape index (κ1) is 10.2.